The maximum Gasteiger partial charge on any atom is 0.203 e. The highest BCUT2D eigenvalue weighted by molar-refractivity contribution is 5.62. The fraction of sp³-hybridized carbons (Fsp3) is 0.333. The van der Waals surface area contributed by atoms with Gasteiger partial charge in [0.1, 0.15) is 6.61 Å². The topological polar surface area (TPSA) is 27.7 Å². The molecule has 0 saturated heterocycles. The van der Waals surface area contributed by atoms with Gasteiger partial charge in [-0.1, -0.05) is 31.7 Å². The van der Waals surface area contributed by atoms with E-state index in [9.17, 15) is 0 Å². The molecule has 1 rings (SSSR count). The SMILES string of the molecule is C=CCOc1c(OC)cc(/C=C/CC)cc1OC. The van der Waals surface area contributed by atoms with Crippen molar-refractivity contribution in [3.63, 3.8) is 0 Å². The van der Waals surface area contributed by atoms with Gasteiger partial charge in [-0.05, 0) is 24.1 Å². The Kier molecular flexibility index (Phi) is 5.85. The van der Waals surface area contributed by atoms with Gasteiger partial charge in [0.25, 0.3) is 0 Å². The highest BCUT2D eigenvalue weighted by atomic mass is 16.5. The number of benzene rings is 1. The Morgan fingerprint density at radius 1 is 1.17 bits per heavy atom. The molecule has 0 N–H and O–H groups in total. The molecule has 0 bridgehead atoms. The van der Waals surface area contributed by atoms with Crippen LogP contribution in [0.25, 0.3) is 6.08 Å². The predicted octanol–water partition coefficient (Wildman–Crippen LogP) is 3.69. The molecule has 1 aromatic rings. The summed E-state index contributed by atoms with van der Waals surface area (Å²) in [6.07, 6.45) is 6.78. The Bertz CT molecular complexity index is 397. The van der Waals surface area contributed by atoms with Crippen LogP contribution in [0.5, 0.6) is 17.2 Å². The maximum absolute atomic E-state index is 5.57. The minimum absolute atomic E-state index is 0.414. The molecule has 18 heavy (non-hydrogen) atoms. The van der Waals surface area contributed by atoms with E-state index in [0.717, 1.165) is 12.0 Å². The number of hydrogen-bond acceptors (Lipinski definition) is 3. The summed E-state index contributed by atoms with van der Waals surface area (Å²) in [5.74, 6) is 1.92. The number of rotatable bonds is 7. The molecule has 98 valence electrons. The van der Waals surface area contributed by atoms with Crippen LogP contribution in [0, 0.1) is 0 Å². The monoisotopic (exact) mass is 248 g/mol. The molecular formula is C15H20O3. The lowest BCUT2D eigenvalue weighted by molar-refractivity contribution is 0.301. The molecule has 0 saturated carbocycles. The highest BCUT2D eigenvalue weighted by Gasteiger charge is 2.12. The van der Waals surface area contributed by atoms with Crippen LogP contribution in [0.15, 0.2) is 30.9 Å². The molecule has 3 heteroatoms. The van der Waals surface area contributed by atoms with E-state index in [1.807, 2.05) is 18.2 Å². The lowest BCUT2D eigenvalue weighted by Crippen LogP contribution is -1.99. The van der Waals surface area contributed by atoms with Gasteiger partial charge in [-0.25, -0.2) is 0 Å². The Labute approximate surface area is 109 Å². The van der Waals surface area contributed by atoms with Gasteiger partial charge >= 0.3 is 0 Å². The normalized spacial score (nSPS) is 10.4. The van der Waals surface area contributed by atoms with Crippen LogP contribution in [0.2, 0.25) is 0 Å². The standard InChI is InChI=1S/C15H20O3/c1-5-7-8-12-10-13(16-3)15(18-9-6-2)14(11-12)17-4/h6-8,10-11H,2,5,9H2,1,3-4H3/b8-7+. The summed E-state index contributed by atoms with van der Waals surface area (Å²) in [6.45, 7) is 6.13. The summed E-state index contributed by atoms with van der Waals surface area (Å²) in [4.78, 5) is 0. The van der Waals surface area contributed by atoms with Crippen LogP contribution >= 0.6 is 0 Å². The molecular weight excluding hydrogens is 228 g/mol. The van der Waals surface area contributed by atoms with Crippen molar-refractivity contribution >= 4 is 6.08 Å². The van der Waals surface area contributed by atoms with Gasteiger partial charge in [-0.3, -0.25) is 0 Å². The third kappa shape index (κ3) is 3.55. The number of allylic oxidation sites excluding steroid dienone is 1. The van der Waals surface area contributed by atoms with Crippen LogP contribution in [-0.2, 0) is 0 Å². The van der Waals surface area contributed by atoms with E-state index >= 15 is 0 Å². The fourth-order valence-electron chi connectivity index (χ4n) is 1.53. The fourth-order valence-corrected chi connectivity index (χ4v) is 1.53. The molecule has 0 amide bonds. The van der Waals surface area contributed by atoms with E-state index in [-0.39, 0.29) is 0 Å². The van der Waals surface area contributed by atoms with Crippen molar-refractivity contribution in [2.24, 2.45) is 0 Å². The molecule has 0 radical (unpaired) electrons. The van der Waals surface area contributed by atoms with E-state index in [1.54, 1.807) is 20.3 Å². The van der Waals surface area contributed by atoms with Crippen molar-refractivity contribution in [2.45, 2.75) is 13.3 Å². The molecule has 0 aromatic heterocycles. The average Bonchev–Trinajstić information content (AvgIpc) is 2.42. The second-order valence-electron chi connectivity index (χ2n) is 3.66. The zero-order chi connectivity index (χ0) is 13.4. The predicted molar refractivity (Wildman–Crippen MR) is 74.6 cm³/mol. The summed E-state index contributed by atoms with van der Waals surface area (Å²) < 4.78 is 16.2. The van der Waals surface area contributed by atoms with E-state index in [2.05, 4.69) is 19.6 Å². The lowest BCUT2D eigenvalue weighted by Gasteiger charge is -2.14. The lowest BCUT2D eigenvalue weighted by atomic mass is 10.1. The average molecular weight is 248 g/mol. The van der Waals surface area contributed by atoms with E-state index in [4.69, 9.17) is 14.2 Å². The first-order valence-corrected chi connectivity index (χ1v) is 5.93. The first-order valence-electron chi connectivity index (χ1n) is 5.93. The summed E-state index contributed by atoms with van der Waals surface area (Å²) >= 11 is 0. The van der Waals surface area contributed by atoms with E-state index in [1.165, 1.54) is 0 Å². The van der Waals surface area contributed by atoms with Gasteiger partial charge in [-0.15, -0.1) is 0 Å². The van der Waals surface area contributed by atoms with Crippen molar-refractivity contribution in [3.8, 4) is 17.2 Å². The summed E-state index contributed by atoms with van der Waals surface area (Å²) in [5.41, 5.74) is 1.02. The van der Waals surface area contributed by atoms with Crippen molar-refractivity contribution in [1.82, 2.24) is 0 Å². The third-order valence-electron chi connectivity index (χ3n) is 2.37. The van der Waals surface area contributed by atoms with Crippen LogP contribution < -0.4 is 14.2 Å². The van der Waals surface area contributed by atoms with Gasteiger partial charge < -0.3 is 14.2 Å². The van der Waals surface area contributed by atoms with Gasteiger partial charge in [0, 0.05) is 0 Å². The Hall–Kier alpha value is -1.90. The Morgan fingerprint density at radius 2 is 1.78 bits per heavy atom. The Morgan fingerprint density at radius 3 is 2.22 bits per heavy atom. The van der Waals surface area contributed by atoms with Crippen molar-refractivity contribution in [3.05, 3.63) is 36.4 Å². The zero-order valence-corrected chi connectivity index (χ0v) is 11.2. The smallest absolute Gasteiger partial charge is 0.203 e. The van der Waals surface area contributed by atoms with Crippen LogP contribution in [0.1, 0.15) is 18.9 Å². The molecule has 1 aromatic carbocycles. The zero-order valence-electron chi connectivity index (χ0n) is 11.2. The summed E-state index contributed by atoms with van der Waals surface area (Å²) in [6, 6.07) is 3.85. The maximum atomic E-state index is 5.57. The summed E-state index contributed by atoms with van der Waals surface area (Å²) in [5, 5.41) is 0. The number of hydrogen-bond donors (Lipinski definition) is 0. The Balaban J connectivity index is 3.15. The second-order valence-corrected chi connectivity index (χ2v) is 3.66. The van der Waals surface area contributed by atoms with Crippen molar-refractivity contribution in [1.29, 1.82) is 0 Å². The number of ether oxygens (including phenoxy) is 3. The minimum Gasteiger partial charge on any atom is -0.493 e. The van der Waals surface area contributed by atoms with E-state index in [0.29, 0.717) is 23.9 Å². The number of methoxy groups -OCH3 is 2. The van der Waals surface area contributed by atoms with Gasteiger partial charge in [0.15, 0.2) is 11.5 Å². The quantitative estimate of drug-likeness (QED) is 0.689. The molecule has 0 aliphatic heterocycles. The molecule has 0 atom stereocenters. The molecule has 0 fully saturated rings. The third-order valence-corrected chi connectivity index (χ3v) is 2.37. The largest absolute Gasteiger partial charge is 0.493 e. The van der Waals surface area contributed by atoms with Crippen LogP contribution in [0.4, 0.5) is 0 Å². The van der Waals surface area contributed by atoms with E-state index < -0.39 is 0 Å². The molecule has 0 unspecified atom stereocenters. The first kappa shape index (κ1) is 14.2. The molecule has 3 nitrogen and oxygen atoms in total. The van der Waals surface area contributed by atoms with Gasteiger partial charge in [0.2, 0.25) is 5.75 Å². The molecule has 0 heterocycles. The minimum atomic E-state index is 0.414. The molecule has 0 aliphatic carbocycles. The second kappa shape index (κ2) is 7.43. The highest BCUT2D eigenvalue weighted by Crippen LogP contribution is 2.38. The van der Waals surface area contributed by atoms with Gasteiger partial charge in [0.05, 0.1) is 14.2 Å². The van der Waals surface area contributed by atoms with Crippen molar-refractivity contribution in [2.75, 3.05) is 20.8 Å². The first-order chi connectivity index (χ1) is 8.76. The van der Waals surface area contributed by atoms with Crippen molar-refractivity contribution < 1.29 is 14.2 Å². The van der Waals surface area contributed by atoms with Gasteiger partial charge in [-0.2, -0.15) is 0 Å². The van der Waals surface area contributed by atoms with Crippen LogP contribution in [-0.4, -0.2) is 20.8 Å². The molecule has 0 aliphatic rings. The summed E-state index contributed by atoms with van der Waals surface area (Å²) in [7, 11) is 3.23. The van der Waals surface area contributed by atoms with Crippen LogP contribution in [0.3, 0.4) is 0 Å². The molecule has 0 spiro atoms.